The molecule has 0 bridgehead atoms. The molecule has 0 aliphatic carbocycles. The zero-order chi connectivity index (χ0) is 6.10. The van der Waals surface area contributed by atoms with E-state index in [4.69, 9.17) is 4.42 Å². The molecule has 1 aliphatic heterocycles. The molecule has 0 amide bonds. The topological polar surface area (TPSA) is 37.9 Å². The molecule has 46 valence electrons. The summed E-state index contributed by atoms with van der Waals surface area (Å²) < 4.78 is 13.2. The SMILES string of the molecule is C1=NI=Nc2occc21. The molecular weight excluding hydrogens is 231 g/mol. The van der Waals surface area contributed by atoms with Crippen molar-refractivity contribution in [2.24, 2.45) is 6.35 Å². The summed E-state index contributed by atoms with van der Waals surface area (Å²) in [6.45, 7) is 0. The minimum Gasteiger partial charge on any atom is -0.446 e. The van der Waals surface area contributed by atoms with Gasteiger partial charge in [0.25, 0.3) is 0 Å². The summed E-state index contributed by atoms with van der Waals surface area (Å²) in [6, 6.07) is 1.87. The van der Waals surface area contributed by atoms with Crippen molar-refractivity contribution in [1.82, 2.24) is 0 Å². The van der Waals surface area contributed by atoms with Gasteiger partial charge in [0.1, 0.15) is 21.3 Å². The lowest BCUT2D eigenvalue weighted by atomic mass is 10.3. The molecule has 0 atom stereocenters. The van der Waals surface area contributed by atoms with Crippen LogP contribution in [0.15, 0.2) is 23.1 Å². The monoisotopic (exact) mass is 234 g/mol. The molecule has 3 nitrogen and oxygen atoms in total. The molecule has 2 heterocycles. The second-order valence-corrected chi connectivity index (χ2v) is 3.04. The van der Waals surface area contributed by atoms with Crippen LogP contribution >= 0.6 is 21.3 Å². The quantitative estimate of drug-likeness (QED) is 0.635. The van der Waals surface area contributed by atoms with Gasteiger partial charge in [-0.05, 0) is 6.07 Å². The number of rotatable bonds is 0. The number of hydrogen-bond donors (Lipinski definition) is 0. The summed E-state index contributed by atoms with van der Waals surface area (Å²) in [6.07, 6.45) is 3.45. The van der Waals surface area contributed by atoms with E-state index in [9.17, 15) is 0 Å². The fourth-order valence-electron chi connectivity index (χ4n) is 0.609. The number of nitrogens with zero attached hydrogens (tertiary/aromatic N) is 2. The van der Waals surface area contributed by atoms with Crippen molar-refractivity contribution in [3.63, 3.8) is 0 Å². The molecule has 0 spiro atoms. The van der Waals surface area contributed by atoms with Crippen molar-refractivity contribution >= 4 is 33.4 Å². The van der Waals surface area contributed by atoms with Crippen molar-refractivity contribution < 1.29 is 4.42 Å². The first-order valence-electron chi connectivity index (χ1n) is 2.42. The van der Waals surface area contributed by atoms with Crippen LogP contribution in [0.3, 0.4) is 0 Å². The van der Waals surface area contributed by atoms with E-state index >= 15 is 0 Å². The third kappa shape index (κ3) is 0.827. The molecule has 0 aromatic carbocycles. The molecular formula is C5H3IN2O. The zero-order valence-corrected chi connectivity index (χ0v) is 6.57. The first-order chi connectivity index (χ1) is 4.47. The van der Waals surface area contributed by atoms with E-state index in [1.54, 1.807) is 6.26 Å². The van der Waals surface area contributed by atoms with Gasteiger partial charge in [-0.15, -0.1) is 0 Å². The largest absolute Gasteiger partial charge is 0.446 e. The van der Waals surface area contributed by atoms with Crippen LogP contribution in [0, 0.1) is 0 Å². The van der Waals surface area contributed by atoms with Crippen molar-refractivity contribution in [3.05, 3.63) is 17.9 Å². The average molecular weight is 234 g/mol. The van der Waals surface area contributed by atoms with Gasteiger partial charge >= 0.3 is 0 Å². The molecule has 0 unspecified atom stereocenters. The summed E-state index contributed by atoms with van der Waals surface area (Å²) in [5, 5.41) is 0. The lowest BCUT2D eigenvalue weighted by Gasteiger charge is -1.89. The van der Waals surface area contributed by atoms with Gasteiger partial charge < -0.3 is 4.42 Å². The van der Waals surface area contributed by atoms with Crippen LogP contribution in [0.4, 0.5) is 5.88 Å². The Bertz CT molecular complexity index is 250. The molecule has 0 radical (unpaired) electrons. The minimum atomic E-state index is -0.347. The molecule has 9 heavy (non-hydrogen) atoms. The maximum absolute atomic E-state index is 5.03. The van der Waals surface area contributed by atoms with Gasteiger partial charge in [0.15, 0.2) is 0 Å². The Morgan fingerprint density at radius 1 is 1.56 bits per heavy atom. The highest BCUT2D eigenvalue weighted by molar-refractivity contribution is 14.1. The van der Waals surface area contributed by atoms with E-state index in [2.05, 4.69) is 6.35 Å². The molecule has 0 N–H and O–H groups in total. The van der Waals surface area contributed by atoms with E-state index in [1.165, 1.54) is 0 Å². The normalized spacial score (nSPS) is 14.7. The predicted octanol–water partition coefficient (Wildman–Crippen LogP) is 2.41. The molecule has 0 saturated carbocycles. The molecule has 1 aromatic heterocycles. The van der Waals surface area contributed by atoms with Gasteiger partial charge in [-0.25, -0.2) is 3.21 Å². The Hall–Kier alpha value is -0.520. The van der Waals surface area contributed by atoms with Gasteiger partial charge in [-0.3, -0.25) is 0 Å². The van der Waals surface area contributed by atoms with Crippen LogP contribution in [-0.2, 0) is 0 Å². The van der Waals surface area contributed by atoms with Crippen LogP contribution in [0.5, 0.6) is 0 Å². The summed E-state index contributed by atoms with van der Waals surface area (Å²) in [7, 11) is 0. The maximum Gasteiger partial charge on any atom is 0.233 e. The van der Waals surface area contributed by atoms with Crippen molar-refractivity contribution in [2.45, 2.75) is 0 Å². The Morgan fingerprint density at radius 3 is 3.44 bits per heavy atom. The van der Waals surface area contributed by atoms with Gasteiger partial charge in [0, 0.05) is 6.21 Å². The Labute approximate surface area is 62.3 Å². The van der Waals surface area contributed by atoms with Crippen LogP contribution in [-0.4, -0.2) is 6.21 Å². The first-order valence-corrected chi connectivity index (χ1v) is 4.35. The molecule has 0 saturated heterocycles. The van der Waals surface area contributed by atoms with Crippen LogP contribution in [0.1, 0.15) is 5.56 Å². The lowest BCUT2D eigenvalue weighted by Crippen LogP contribution is -1.74. The van der Waals surface area contributed by atoms with E-state index in [0.29, 0.717) is 0 Å². The molecule has 0 fully saturated rings. The standard InChI is InChI=1S/C5H3IN2O/c1-2-9-5-4(1)3-7-6-8-5/h1-3H. The number of fused-ring (bicyclic) bond motifs is 1. The van der Waals surface area contributed by atoms with Gasteiger partial charge in [-0.2, -0.15) is 3.15 Å². The number of halogens is 1. The van der Waals surface area contributed by atoms with E-state index in [1.807, 2.05) is 12.3 Å². The lowest BCUT2D eigenvalue weighted by molar-refractivity contribution is 0.580. The summed E-state index contributed by atoms with van der Waals surface area (Å²) in [5.41, 5.74) is 1.00. The molecule has 4 heteroatoms. The van der Waals surface area contributed by atoms with Crippen molar-refractivity contribution in [3.8, 4) is 0 Å². The Morgan fingerprint density at radius 2 is 2.56 bits per heavy atom. The van der Waals surface area contributed by atoms with Gasteiger partial charge in [-0.1, -0.05) is 0 Å². The highest BCUT2D eigenvalue weighted by Crippen LogP contribution is 2.27. The zero-order valence-electron chi connectivity index (χ0n) is 4.41. The maximum atomic E-state index is 5.03. The summed E-state index contributed by atoms with van der Waals surface area (Å²) >= 11 is -0.347. The van der Waals surface area contributed by atoms with Crippen LogP contribution in [0.25, 0.3) is 0 Å². The summed E-state index contributed by atoms with van der Waals surface area (Å²) in [5.74, 6) is 0.748. The number of furan rings is 1. The predicted molar refractivity (Wildman–Crippen MR) is 42.4 cm³/mol. The first kappa shape index (κ1) is 5.28. The third-order valence-corrected chi connectivity index (χ3v) is 2.20. The Kier molecular flexibility index (Phi) is 1.18. The van der Waals surface area contributed by atoms with Crippen molar-refractivity contribution in [2.75, 3.05) is 0 Å². The fourth-order valence-corrected chi connectivity index (χ4v) is 1.75. The summed E-state index contributed by atoms with van der Waals surface area (Å²) in [4.78, 5) is 0. The Balaban J connectivity index is 2.68. The molecule has 1 aliphatic rings. The average Bonchev–Trinajstić information content (AvgIpc) is 2.33. The van der Waals surface area contributed by atoms with Crippen LogP contribution < -0.4 is 0 Å². The highest BCUT2D eigenvalue weighted by atomic mass is 127. The van der Waals surface area contributed by atoms with Gasteiger partial charge in [0.2, 0.25) is 5.88 Å². The minimum absolute atomic E-state index is 0.347. The van der Waals surface area contributed by atoms with E-state index < -0.39 is 0 Å². The smallest absolute Gasteiger partial charge is 0.233 e. The second kappa shape index (κ2) is 2.02. The van der Waals surface area contributed by atoms with Gasteiger partial charge in [0.05, 0.1) is 11.8 Å². The second-order valence-electron chi connectivity index (χ2n) is 1.57. The highest BCUT2D eigenvalue weighted by Gasteiger charge is 2.03. The van der Waals surface area contributed by atoms with E-state index in [-0.39, 0.29) is 21.3 Å². The van der Waals surface area contributed by atoms with Crippen molar-refractivity contribution in [1.29, 1.82) is 0 Å². The molecule has 1 aromatic rings. The fraction of sp³-hybridized carbons (Fsp3) is 0. The van der Waals surface area contributed by atoms with E-state index in [0.717, 1.165) is 11.4 Å². The van der Waals surface area contributed by atoms with Crippen LogP contribution in [0.2, 0.25) is 0 Å². The molecule has 2 rings (SSSR count). The third-order valence-electron chi connectivity index (χ3n) is 1.02. The number of hydrogen-bond acceptors (Lipinski definition) is 3.